The number of thioether (sulfide) groups is 1. The van der Waals surface area contributed by atoms with Gasteiger partial charge in [-0.25, -0.2) is 18.2 Å². The minimum absolute atomic E-state index is 0.0133. The molecule has 5 nitrogen and oxygen atoms in total. The van der Waals surface area contributed by atoms with Gasteiger partial charge in [0.05, 0.1) is 39.0 Å². The van der Waals surface area contributed by atoms with Crippen LogP contribution in [0.4, 0.5) is 18.9 Å². The van der Waals surface area contributed by atoms with Crippen LogP contribution in [0.25, 0.3) is 10.2 Å². The molecule has 144 valence electrons. The number of rotatable bonds is 4. The van der Waals surface area contributed by atoms with Crippen LogP contribution in [0.3, 0.4) is 0 Å². The van der Waals surface area contributed by atoms with E-state index in [1.165, 1.54) is 23.5 Å². The van der Waals surface area contributed by atoms with Crippen molar-refractivity contribution in [3.8, 4) is 0 Å². The summed E-state index contributed by atoms with van der Waals surface area (Å²) in [6.45, 7) is -0.105. The number of carbonyl (C=O) groups is 2. The van der Waals surface area contributed by atoms with Crippen molar-refractivity contribution in [2.75, 3.05) is 4.90 Å². The summed E-state index contributed by atoms with van der Waals surface area (Å²) in [5.41, 5.74) is 0.436. The molecule has 3 aromatic rings. The molecule has 0 bridgehead atoms. The lowest BCUT2D eigenvalue weighted by Crippen LogP contribution is -2.41. The number of hydrogen-bond acceptors (Lipinski definition) is 5. The van der Waals surface area contributed by atoms with Crippen LogP contribution < -0.4 is 4.90 Å². The number of carbonyl (C=O) groups excluding carboxylic acids is 1. The topological polar surface area (TPSA) is 70.5 Å². The lowest BCUT2D eigenvalue weighted by molar-refractivity contribution is -0.138. The predicted octanol–water partition coefficient (Wildman–Crippen LogP) is 4.20. The van der Waals surface area contributed by atoms with Crippen molar-refractivity contribution >= 4 is 50.9 Å². The zero-order chi connectivity index (χ0) is 20.0. The van der Waals surface area contributed by atoms with Crippen molar-refractivity contribution in [1.29, 1.82) is 0 Å². The molecule has 1 unspecified atom stereocenters. The average molecular weight is 424 g/mol. The Hall–Kier alpha value is -2.59. The van der Waals surface area contributed by atoms with Crippen LogP contribution in [0.2, 0.25) is 0 Å². The quantitative estimate of drug-likeness (QED) is 0.680. The molecule has 1 aliphatic rings. The summed E-state index contributed by atoms with van der Waals surface area (Å²) in [6, 6.07) is 5.82. The third kappa shape index (κ3) is 3.45. The first-order valence-electron chi connectivity index (χ1n) is 8.05. The minimum Gasteiger partial charge on any atom is -0.481 e. The molecule has 28 heavy (non-hydrogen) atoms. The summed E-state index contributed by atoms with van der Waals surface area (Å²) in [5, 5.41) is 8.45. The third-order valence-corrected chi connectivity index (χ3v) is 6.44. The molecule has 0 aliphatic carbocycles. The largest absolute Gasteiger partial charge is 0.481 e. The van der Waals surface area contributed by atoms with Gasteiger partial charge >= 0.3 is 5.97 Å². The molecule has 0 fully saturated rings. The van der Waals surface area contributed by atoms with Gasteiger partial charge in [-0.2, -0.15) is 0 Å². The van der Waals surface area contributed by atoms with Gasteiger partial charge < -0.3 is 10.0 Å². The van der Waals surface area contributed by atoms with E-state index in [4.69, 9.17) is 5.11 Å². The standard InChI is InChI=1S/C18H11F3N2O3S2/c19-8-1-2-13-11(4-8)22-15(27-13)7-23-12-5-9(20)3-10(21)17(12)28-14(18(23)26)6-16(24)25/h1-5,14H,6-7H2,(H,24,25). The van der Waals surface area contributed by atoms with Crippen molar-refractivity contribution in [3.63, 3.8) is 0 Å². The number of hydrogen-bond donors (Lipinski definition) is 1. The summed E-state index contributed by atoms with van der Waals surface area (Å²) in [6.07, 6.45) is -0.499. The zero-order valence-electron chi connectivity index (χ0n) is 14.0. The van der Waals surface area contributed by atoms with E-state index in [1.807, 2.05) is 0 Å². The highest BCUT2D eigenvalue weighted by molar-refractivity contribution is 8.01. The Bertz CT molecular complexity index is 1120. The highest BCUT2D eigenvalue weighted by atomic mass is 32.2. The van der Waals surface area contributed by atoms with E-state index in [1.54, 1.807) is 6.07 Å². The molecule has 1 aliphatic heterocycles. The number of fused-ring (bicyclic) bond motifs is 2. The number of benzene rings is 2. The fraction of sp³-hybridized carbons (Fsp3) is 0.167. The van der Waals surface area contributed by atoms with Crippen molar-refractivity contribution < 1.29 is 27.9 Å². The second-order valence-electron chi connectivity index (χ2n) is 6.08. The van der Waals surface area contributed by atoms with Gasteiger partial charge in [0.2, 0.25) is 5.91 Å². The number of carboxylic acid groups (broad SMARTS) is 1. The normalized spacial score (nSPS) is 16.5. The molecule has 0 saturated carbocycles. The fourth-order valence-electron chi connectivity index (χ4n) is 2.95. The molecule has 0 spiro atoms. The van der Waals surface area contributed by atoms with Gasteiger partial charge in [0.1, 0.15) is 22.5 Å². The molecular formula is C18H11F3N2O3S2. The number of anilines is 1. The Labute approximate surface area is 164 Å². The number of aromatic nitrogens is 1. The molecule has 1 N–H and O–H groups in total. The maximum Gasteiger partial charge on any atom is 0.305 e. The number of nitrogens with zero attached hydrogens (tertiary/aromatic N) is 2. The Morgan fingerprint density at radius 2 is 1.96 bits per heavy atom. The molecule has 2 heterocycles. The summed E-state index contributed by atoms with van der Waals surface area (Å²) in [4.78, 5) is 29.4. The lowest BCUT2D eigenvalue weighted by Gasteiger charge is -2.32. The van der Waals surface area contributed by atoms with Gasteiger partial charge in [-0.05, 0) is 18.2 Å². The molecule has 0 radical (unpaired) electrons. The molecule has 1 amide bonds. The Morgan fingerprint density at radius 3 is 2.71 bits per heavy atom. The van der Waals surface area contributed by atoms with Gasteiger partial charge in [0.15, 0.2) is 0 Å². The van der Waals surface area contributed by atoms with Crippen LogP contribution >= 0.6 is 23.1 Å². The van der Waals surface area contributed by atoms with Crippen LogP contribution in [-0.2, 0) is 16.1 Å². The summed E-state index contributed by atoms with van der Waals surface area (Å²) in [7, 11) is 0. The molecular weight excluding hydrogens is 413 g/mol. The number of amides is 1. The van der Waals surface area contributed by atoms with Crippen molar-refractivity contribution in [3.05, 3.63) is 52.8 Å². The molecule has 1 aromatic heterocycles. The van der Waals surface area contributed by atoms with Crippen LogP contribution in [0, 0.1) is 17.5 Å². The van der Waals surface area contributed by atoms with Crippen molar-refractivity contribution in [2.24, 2.45) is 0 Å². The average Bonchev–Trinajstić information content (AvgIpc) is 3.00. The van der Waals surface area contributed by atoms with E-state index in [0.717, 1.165) is 22.7 Å². The van der Waals surface area contributed by atoms with E-state index in [9.17, 15) is 22.8 Å². The van der Waals surface area contributed by atoms with E-state index in [0.29, 0.717) is 21.3 Å². The van der Waals surface area contributed by atoms with Gasteiger partial charge in [0.25, 0.3) is 0 Å². The van der Waals surface area contributed by atoms with Crippen LogP contribution in [-0.4, -0.2) is 27.2 Å². The summed E-state index contributed by atoms with van der Waals surface area (Å²) in [5.74, 6) is -3.94. The Morgan fingerprint density at radius 1 is 1.18 bits per heavy atom. The van der Waals surface area contributed by atoms with Gasteiger partial charge in [0, 0.05) is 12.1 Å². The first kappa shape index (κ1) is 18.8. The maximum atomic E-state index is 14.3. The second kappa shape index (κ2) is 7.10. The smallest absolute Gasteiger partial charge is 0.305 e. The Balaban J connectivity index is 1.76. The van der Waals surface area contributed by atoms with E-state index in [-0.39, 0.29) is 17.1 Å². The van der Waals surface area contributed by atoms with Crippen LogP contribution in [0.5, 0.6) is 0 Å². The van der Waals surface area contributed by atoms with Gasteiger partial charge in [-0.15, -0.1) is 23.1 Å². The number of aliphatic carboxylic acids is 1. The summed E-state index contributed by atoms with van der Waals surface area (Å²) < 4.78 is 42.2. The first-order valence-corrected chi connectivity index (χ1v) is 9.75. The Kier molecular flexibility index (Phi) is 4.76. The van der Waals surface area contributed by atoms with Crippen LogP contribution in [0.1, 0.15) is 11.4 Å². The van der Waals surface area contributed by atoms with E-state index >= 15 is 0 Å². The number of carboxylic acids is 1. The lowest BCUT2D eigenvalue weighted by atomic mass is 10.2. The third-order valence-electron chi connectivity index (χ3n) is 4.13. The van der Waals surface area contributed by atoms with Crippen molar-refractivity contribution in [1.82, 2.24) is 4.98 Å². The van der Waals surface area contributed by atoms with Gasteiger partial charge in [-0.1, -0.05) is 0 Å². The monoisotopic (exact) mass is 424 g/mol. The minimum atomic E-state index is -1.20. The second-order valence-corrected chi connectivity index (χ2v) is 8.41. The fourth-order valence-corrected chi connectivity index (χ4v) is 5.09. The first-order chi connectivity index (χ1) is 13.3. The van der Waals surface area contributed by atoms with Crippen LogP contribution in [0.15, 0.2) is 35.2 Å². The predicted molar refractivity (Wildman–Crippen MR) is 99.0 cm³/mol. The maximum absolute atomic E-state index is 14.3. The molecule has 0 saturated heterocycles. The highest BCUT2D eigenvalue weighted by Gasteiger charge is 2.37. The van der Waals surface area contributed by atoms with E-state index in [2.05, 4.69) is 4.98 Å². The van der Waals surface area contributed by atoms with Gasteiger partial charge in [-0.3, -0.25) is 9.59 Å². The van der Waals surface area contributed by atoms with E-state index < -0.39 is 41.0 Å². The van der Waals surface area contributed by atoms with Crippen molar-refractivity contribution in [2.45, 2.75) is 23.1 Å². The summed E-state index contributed by atoms with van der Waals surface area (Å²) >= 11 is 1.99. The SMILES string of the molecule is O=C(O)CC1Sc2c(F)cc(F)cc2N(Cc2nc3cc(F)ccc3s2)C1=O. The molecule has 10 heteroatoms. The molecule has 4 rings (SSSR count). The number of thiazole rings is 1. The zero-order valence-corrected chi connectivity index (χ0v) is 15.6. The number of halogens is 3. The molecule has 2 aromatic carbocycles. The molecule has 1 atom stereocenters. The highest BCUT2D eigenvalue weighted by Crippen LogP contribution is 2.43.